The zero-order valence-electron chi connectivity index (χ0n) is 19.7. The lowest BCUT2D eigenvalue weighted by Crippen LogP contribution is -2.41. The van der Waals surface area contributed by atoms with Gasteiger partial charge >= 0.3 is 5.97 Å². The van der Waals surface area contributed by atoms with Crippen LogP contribution >= 0.6 is 0 Å². The minimum atomic E-state index is -0.457. The Labute approximate surface area is 195 Å². The number of nitrogens with zero attached hydrogens (tertiary/aromatic N) is 1. The Bertz CT molecular complexity index is 1080. The number of hydrogen-bond acceptors (Lipinski definition) is 5. The maximum atomic E-state index is 13.6. The highest BCUT2D eigenvalue weighted by Crippen LogP contribution is 2.46. The Hall–Kier alpha value is -3.21. The third-order valence-corrected chi connectivity index (χ3v) is 6.34. The Morgan fingerprint density at radius 1 is 1.00 bits per heavy atom. The number of esters is 1. The van der Waals surface area contributed by atoms with Crippen molar-refractivity contribution in [2.75, 3.05) is 6.61 Å². The molecule has 5 heteroatoms. The number of hydrogen-bond donors (Lipinski definition) is 0. The summed E-state index contributed by atoms with van der Waals surface area (Å²) in [7, 11) is 0. The van der Waals surface area contributed by atoms with E-state index in [1.54, 1.807) is 0 Å². The van der Waals surface area contributed by atoms with E-state index in [1.165, 1.54) is 0 Å². The van der Waals surface area contributed by atoms with E-state index in [4.69, 9.17) is 14.5 Å². The maximum Gasteiger partial charge on any atom is 0.336 e. The minimum Gasteiger partial charge on any atom is -0.494 e. The summed E-state index contributed by atoms with van der Waals surface area (Å²) in [6.45, 7) is 8.01. The van der Waals surface area contributed by atoms with Gasteiger partial charge < -0.3 is 9.47 Å². The topological polar surface area (TPSA) is 65.0 Å². The second kappa shape index (κ2) is 9.74. The van der Waals surface area contributed by atoms with Gasteiger partial charge in [-0.1, -0.05) is 42.5 Å². The standard InChI is InChI=1S/C28H31NO4/c1-5-32-22-13-11-20(12-14-22)26-25(28(31)33-17(2)3)18(4)29-23-15-21(16-24(30)27(23)26)19-9-7-6-8-10-19/h6-14,17,21,26-27H,5,15-16H2,1-4H3/t21-,26-,27?/m0/s1. The van der Waals surface area contributed by atoms with Crippen molar-refractivity contribution in [2.45, 2.75) is 58.5 Å². The summed E-state index contributed by atoms with van der Waals surface area (Å²) < 4.78 is 11.2. The van der Waals surface area contributed by atoms with Crippen molar-refractivity contribution in [3.63, 3.8) is 0 Å². The number of Topliss-reactive ketones (excluding diaryl/α,β-unsaturated/α-hetero) is 1. The molecule has 1 heterocycles. The van der Waals surface area contributed by atoms with Crippen LogP contribution in [0, 0.1) is 5.92 Å². The first kappa shape index (κ1) is 23.0. The molecule has 0 amide bonds. The molecule has 0 aromatic heterocycles. The molecule has 1 saturated carbocycles. The van der Waals surface area contributed by atoms with Gasteiger partial charge in [-0.15, -0.1) is 0 Å². The molecule has 2 aliphatic rings. The van der Waals surface area contributed by atoms with E-state index in [0.717, 1.165) is 22.6 Å². The molecule has 1 fully saturated rings. The first-order chi connectivity index (χ1) is 15.9. The molecule has 1 aliphatic carbocycles. The molecule has 3 atom stereocenters. The third-order valence-electron chi connectivity index (χ3n) is 6.34. The van der Waals surface area contributed by atoms with Crippen molar-refractivity contribution in [1.29, 1.82) is 0 Å². The number of ether oxygens (including phenoxy) is 2. The number of aliphatic imine (C=N–C) groups is 1. The Balaban J connectivity index is 1.76. The smallest absolute Gasteiger partial charge is 0.336 e. The van der Waals surface area contributed by atoms with Crippen LogP contribution in [0.15, 0.2) is 70.9 Å². The number of ketones is 1. The maximum absolute atomic E-state index is 13.6. The lowest BCUT2D eigenvalue weighted by atomic mass is 9.66. The molecule has 0 N–H and O–H groups in total. The van der Waals surface area contributed by atoms with Gasteiger partial charge in [0.15, 0.2) is 0 Å². The summed E-state index contributed by atoms with van der Waals surface area (Å²) in [4.78, 5) is 31.5. The molecule has 0 saturated heterocycles. The van der Waals surface area contributed by atoms with Crippen molar-refractivity contribution < 1.29 is 19.1 Å². The largest absolute Gasteiger partial charge is 0.494 e. The summed E-state index contributed by atoms with van der Waals surface area (Å²) >= 11 is 0. The normalized spacial score (nSPS) is 22.6. The molecule has 5 nitrogen and oxygen atoms in total. The lowest BCUT2D eigenvalue weighted by molar-refractivity contribution is -0.143. The van der Waals surface area contributed by atoms with Crippen molar-refractivity contribution in [2.24, 2.45) is 10.9 Å². The molecular weight excluding hydrogens is 414 g/mol. The molecule has 2 aromatic carbocycles. The van der Waals surface area contributed by atoms with Crippen LogP contribution < -0.4 is 4.74 Å². The van der Waals surface area contributed by atoms with Gasteiger partial charge in [0.05, 0.1) is 24.2 Å². The lowest BCUT2D eigenvalue weighted by Gasteiger charge is -2.38. The average Bonchev–Trinajstić information content (AvgIpc) is 2.79. The molecule has 2 aromatic rings. The highest BCUT2D eigenvalue weighted by atomic mass is 16.5. The summed E-state index contributed by atoms with van der Waals surface area (Å²) in [5.41, 5.74) is 4.02. The molecule has 1 aliphatic heterocycles. The van der Waals surface area contributed by atoms with Crippen molar-refractivity contribution >= 4 is 17.5 Å². The van der Waals surface area contributed by atoms with Crippen LogP contribution in [0.1, 0.15) is 63.5 Å². The van der Waals surface area contributed by atoms with Crippen LogP contribution in [0.2, 0.25) is 0 Å². The van der Waals surface area contributed by atoms with Gasteiger partial charge in [-0.3, -0.25) is 9.79 Å². The Morgan fingerprint density at radius 3 is 2.33 bits per heavy atom. The number of carbonyl (C=O) groups is 2. The molecule has 1 unspecified atom stereocenters. The van der Waals surface area contributed by atoms with E-state index in [2.05, 4.69) is 12.1 Å². The van der Waals surface area contributed by atoms with Crippen LogP contribution in [-0.4, -0.2) is 30.2 Å². The van der Waals surface area contributed by atoms with Gasteiger partial charge in [0, 0.05) is 23.7 Å². The van der Waals surface area contributed by atoms with E-state index in [1.807, 2.05) is 70.2 Å². The summed E-state index contributed by atoms with van der Waals surface area (Å²) in [6.07, 6.45) is 0.888. The van der Waals surface area contributed by atoms with E-state index in [9.17, 15) is 9.59 Å². The fourth-order valence-electron chi connectivity index (χ4n) is 4.98. The van der Waals surface area contributed by atoms with E-state index < -0.39 is 17.8 Å². The second-order valence-corrected chi connectivity index (χ2v) is 9.00. The Morgan fingerprint density at radius 2 is 1.70 bits per heavy atom. The molecule has 33 heavy (non-hydrogen) atoms. The minimum absolute atomic E-state index is 0.103. The summed E-state index contributed by atoms with van der Waals surface area (Å²) in [6, 6.07) is 17.8. The zero-order chi connectivity index (χ0) is 23.5. The van der Waals surface area contributed by atoms with Gasteiger partial charge in [0.1, 0.15) is 11.5 Å². The number of fused-ring (bicyclic) bond motifs is 1. The highest BCUT2D eigenvalue weighted by molar-refractivity contribution is 6.12. The number of allylic oxidation sites excluding steroid dienone is 1. The zero-order valence-corrected chi connectivity index (χ0v) is 19.7. The predicted octanol–water partition coefficient (Wildman–Crippen LogP) is 5.61. The fraction of sp³-hybridized carbons (Fsp3) is 0.393. The van der Waals surface area contributed by atoms with Gasteiger partial charge in [-0.05, 0) is 63.3 Å². The Kier molecular flexibility index (Phi) is 6.77. The SMILES string of the molecule is CCOc1ccc([C@H]2C(C(=O)OC(C)C)=C(C)N=C3C[C@H](c4ccccc4)CC(=O)C32)cc1. The van der Waals surface area contributed by atoms with Crippen LogP contribution in [0.25, 0.3) is 0 Å². The predicted molar refractivity (Wildman–Crippen MR) is 129 cm³/mol. The number of rotatable bonds is 6. The van der Waals surface area contributed by atoms with Gasteiger partial charge in [0.2, 0.25) is 0 Å². The van der Waals surface area contributed by atoms with E-state index >= 15 is 0 Å². The molecule has 4 rings (SSSR count). The third kappa shape index (κ3) is 4.77. The van der Waals surface area contributed by atoms with E-state index in [-0.39, 0.29) is 17.8 Å². The molecule has 0 spiro atoms. The monoisotopic (exact) mass is 445 g/mol. The second-order valence-electron chi connectivity index (χ2n) is 9.00. The first-order valence-electron chi connectivity index (χ1n) is 11.7. The quantitative estimate of drug-likeness (QED) is 0.542. The van der Waals surface area contributed by atoms with E-state index in [0.29, 0.717) is 30.7 Å². The fourth-order valence-corrected chi connectivity index (χ4v) is 4.98. The molecule has 0 bridgehead atoms. The first-order valence-corrected chi connectivity index (χ1v) is 11.7. The number of carbonyl (C=O) groups excluding carboxylic acids is 2. The summed E-state index contributed by atoms with van der Waals surface area (Å²) in [5, 5.41) is 0. The van der Waals surface area contributed by atoms with Crippen molar-refractivity contribution in [3.8, 4) is 5.75 Å². The van der Waals surface area contributed by atoms with Crippen LogP contribution in [-0.2, 0) is 14.3 Å². The summed E-state index contributed by atoms with van der Waals surface area (Å²) in [5.74, 6) is -0.286. The number of benzene rings is 2. The molecule has 0 radical (unpaired) electrons. The van der Waals surface area contributed by atoms with Crippen molar-refractivity contribution in [1.82, 2.24) is 0 Å². The van der Waals surface area contributed by atoms with Gasteiger partial charge in [-0.25, -0.2) is 4.79 Å². The molecular formula is C28H31NO4. The van der Waals surface area contributed by atoms with Crippen LogP contribution in [0.5, 0.6) is 5.75 Å². The van der Waals surface area contributed by atoms with Crippen LogP contribution in [0.3, 0.4) is 0 Å². The van der Waals surface area contributed by atoms with Gasteiger partial charge in [-0.2, -0.15) is 0 Å². The van der Waals surface area contributed by atoms with Gasteiger partial charge in [0.25, 0.3) is 0 Å². The van der Waals surface area contributed by atoms with Crippen molar-refractivity contribution in [3.05, 3.63) is 77.0 Å². The molecule has 172 valence electrons. The van der Waals surface area contributed by atoms with Crippen LogP contribution in [0.4, 0.5) is 0 Å². The highest BCUT2D eigenvalue weighted by Gasteiger charge is 2.46. The average molecular weight is 446 g/mol.